The van der Waals surface area contributed by atoms with Gasteiger partial charge in [-0.2, -0.15) is 0 Å². The molecule has 1 aromatic carbocycles. The molecule has 1 amide bonds. The molecule has 0 spiro atoms. The highest BCUT2D eigenvalue weighted by Gasteiger charge is 2.36. The van der Waals surface area contributed by atoms with Gasteiger partial charge in [-0.05, 0) is 36.8 Å². The lowest BCUT2D eigenvalue weighted by Crippen LogP contribution is -2.28. The van der Waals surface area contributed by atoms with Crippen molar-refractivity contribution in [3.63, 3.8) is 0 Å². The maximum Gasteiger partial charge on any atom is 0.254 e. The number of hydrogen-bond donors (Lipinski definition) is 2. The first kappa shape index (κ1) is 12.3. The molecular weight excluding hydrogens is 242 g/mol. The predicted octanol–water partition coefficient (Wildman–Crippen LogP) is 2.36. The van der Waals surface area contributed by atoms with E-state index in [1.165, 1.54) is 43.9 Å². The number of fused-ring (bicyclic) bond motifs is 1. The molecule has 1 aliphatic carbocycles. The average Bonchev–Trinajstić information content (AvgIpc) is 2.80. The van der Waals surface area contributed by atoms with Crippen LogP contribution in [0.2, 0.25) is 0 Å². The van der Waals surface area contributed by atoms with E-state index in [2.05, 4.69) is 0 Å². The van der Waals surface area contributed by atoms with E-state index in [0.717, 1.165) is 13.1 Å². The minimum Gasteiger partial charge on any atom is -0.508 e. The van der Waals surface area contributed by atoms with Gasteiger partial charge in [0.1, 0.15) is 11.5 Å². The van der Waals surface area contributed by atoms with E-state index in [0.29, 0.717) is 17.4 Å². The Morgan fingerprint density at radius 3 is 2.05 bits per heavy atom. The van der Waals surface area contributed by atoms with Gasteiger partial charge in [0.25, 0.3) is 5.91 Å². The maximum absolute atomic E-state index is 12.4. The Bertz CT molecular complexity index is 466. The molecule has 0 bridgehead atoms. The van der Waals surface area contributed by atoms with Crippen LogP contribution in [0.4, 0.5) is 0 Å². The van der Waals surface area contributed by atoms with Crippen LogP contribution >= 0.6 is 0 Å². The molecule has 2 unspecified atom stereocenters. The monoisotopic (exact) mass is 261 g/mol. The highest BCUT2D eigenvalue weighted by molar-refractivity contribution is 5.95. The molecule has 2 N–H and O–H groups in total. The van der Waals surface area contributed by atoms with E-state index in [9.17, 15) is 15.0 Å². The number of rotatable bonds is 1. The van der Waals surface area contributed by atoms with Crippen molar-refractivity contribution in [2.24, 2.45) is 11.8 Å². The van der Waals surface area contributed by atoms with Gasteiger partial charge in [-0.1, -0.05) is 12.8 Å². The van der Waals surface area contributed by atoms with Crippen LogP contribution in [0, 0.1) is 11.8 Å². The van der Waals surface area contributed by atoms with Crippen molar-refractivity contribution in [2.45, 2.75) is 25.7 Å². The Morgan fingerprint density at radius 2 is 1.53 bits per heavy atom. The maximum atomic E-state index is 12.4. The van der Waals surface area contributed by atoms with E-state index in [4.69, 9.17) is 0 Å². The summed E-state index contributed by atoms with van der Waals surface area (Å²) in [4.78, 5) is 14.3. The van der Waals surface area contributed by atoms with Crippen LogP contribution in [-0.4, -0.2) is 34.1 Å². The Kier molecular flexibility index (Phi) is 3.09. The number of phenols is 2. The van der Waals surface area contributed by atoms with Crippen molar-refractivity contribution in [3.8, 4) is 11.5 Å². The smallest absolute Gasteiger partial charge is 0.254 e. The number of nitrogens with zero attached hydrogens (tertiary/aromatic N) is 1. The molecule has 102 valence electrons. The summed E-state index contributed by atoms with van der Waals surface area (Å²) in [5, 5.41) is 18.9. The number of amides is 1. The van der Waals surface area contributed by atoms with Crippen LogP contribution < -0.4 is 0 Å². The zero-order valence-electron chi connectivity index (χ0n) is 10.9. The van der Waals surface area contributed by atoms with Crippen molar-refractivity contribution in [1.82, 2.24) is 4.90 Å². The fourth-order valence-electron chi connectivity index (χ4n) is 3.47. The Morgan fingerprint density at radius 1 is 1.00 bits per heavy atom. The average molecular weight is 261 g/mol. The van der Waals surface area contributed by atoms with E-state index < -0.39 is 0 Å². The fourth-order valence-corrected chi connectivity index (χ4v) is 3.47. The SMILES string of the molecule is O=C(c1cc(O)cc(O)c1)N1CC2CCCCC2C1. The molecule has 2 aliphatic rings. The lowest BCUT2D eigenvalue weighted by Gasteiger charge is -2.22. The van der Waals surface area contributed by atoms with Gasteiger partial charge in [0.15, 0.2) is 0 Å². The summed E-state index contributed by atoms with van der Waals surface area (Å²) < 4.78 is 0. The van der Waals surface area contributed by atoms with Crippen molar-refractivity contribution < 1.29 is 15.0 Å². The van der Waals surface area contributed by atoms with Gasteiger partial charge >= 0.3 is 0 Å². The zero-order valence-corrected chi connectivity index (χ0v) is 10.9. The number of carbonyl (C=O) groups excluding carboxylic acids is 1. The third-order valence-electron chi connectivity index (χ3n) is 4.41. The van der Waals surface area contributed by atoms with Crippen LogP contribution in [0.25, 0.3) is 0 Å². The van der Waals surface area contributed by atoms with Crippen LogP contribution in [0.3, 0.4) is 0 Å². The quantitative estimate of drug-likeness (QED) is 0.815. The molecule has 0 radical (unpaired) electrons. The van der Waals surface area contributed by atoms with E-state index >= 15 is 0 Å². The summed E-state index contributed by atoms with van der Waals surface area (Å²) in [5.74, 6) is 1.06. The number of phenolic OH excluding ortho intramolecular Hbond substituents is 2. The third-order valence-corrected chi connectivity index (χ3v) is 4.41. The van der Waals surface area contributed by atoms with Crippen molar-refractivity contribution in [1.29, 1.82) is 0 Å². The van der Waals surface area contributed by atoms with Gasteiger partial charge in [-0.3, -0.25) is 4.79 Å². The highest BCUT2D eigenvalue weighted by atomic mass is 16.3. The molecule has 2 fully saturated rings. The molecule has 3 rings (SSSR count). The van der Waals surface area contributed by atoms with Gasteiger partial charge < -0.3 is 15.1 Å². The number of likely N-dealkylation sites (tertiary alicyclic amines) is 1. The summed E-state index contributed by atoms with van der Waals surface area (Å²) in [6.07, 6.45) is 4.99. The first-order valence-corrected chi connectivity index (χ1v) is 6.96. The van der Waals surface area contributed by atoms with Gasteiger partial charge in [0.05, 0.1) is 0 Å². The predicted molar refractivity (Wildman–Crippen MR) is 71.1 cm³/mol. The lowest BCUT2D eigenvalue weighted by molar-refractivity contribution is 0.0783. The van der Waals surface area contributed by atoms with Crippen molar-refractivity contribution in [3.05, 3.63) is 23.8 Å². The number of hydrogen-bond acceptors (Lipinski definition) is 3. The number of benzene rings is 1. The molecule has 2 atom stereocenters. The lowest BCUT2D eigenvalue weighted by atomic mass is 9.82. The fraction of sp³-hybridized carbons (Fsp3) is 0.533. The largest absolute Gasteiger partial charge is 0.508 e. The molecule has 1 saturated carbocycles. The van der Waals surface area contributed by atoms with Gasteiger partial charge in [0.2, 0.25) is 0 Å². The summed E-state index contributed by atoms with van der Waals surface area (Å²) in [5.41, 5.74) is 0.371. The van der Waals surface area contributed by atoms with E-state index in [1.807, 2.05) is 4.90 Å². The van der Waals surface area contributed by atoms with Crippen LogP contribution in [0.15, 0.2) is 18.2 Å². The molecule has 19 heavy (non-hydrogen) atoms. The molecule has 0 aromatic heterocycles. The Labute approximate surface area is 112 Å². The zero-order chi connectivity index (χ0) is 13.4. The van der Waals surface area contributed by atoms with Crippen molar-refractivity contribution in [2.75, 3.05) is 13.1 Å². The van der Waals surface area contributed by atoms with E-state index in [1.54, 1.807) is 0 Å². The second-order valence-corrected chi connectivity index (χ2v) is 5.75. The molecule has 1 aliphatic heterocycles. The van der Waals surface area contributed by atoms with Gasteiger partial charge in [-0.15, -0.1) is 0 Å². The first-order valence-electron chi connectivity index (χ1n) is 6.96. The molecule has 1 aromatic rings. The summed E-state index contributed by atoms with van der Waals surface area (Å²) in [6, 6.07) is 4.08. The topological polar surface area (TPSA) is 60.8 Å². The summed E-state index contributed by atoms with van der Waals surface area (Å²) >= 11 is 0. The minimum atomic E-state index is -0.0828. The molecule has 1 saturated heterocycles. The number of carbonyl (C=O) groups is 1. The van der Waals surface area contributed by atoms with Crippen LogP contribution in [0.1, 0.15) is 36.0 Å². The van der Waals surface area contributed by atoms with Gasteiger partial charge in [0, 0.05) is 24.7 Å². The van der Waals surface area contributed by atoms with Gasteiger partial charge in [-0.25, -0.2) is 0 Å². The number of aromatic hydroxyl groups is 2. The normalized spacial score (nSPS) is 26.2. The highest BCUT2D eigenvalue weighted by Crippen LogP contribution is 2.36. The summed E-state index contributed by atoms with van der Waals surface area (Å²) in [6.45, 7) is 1.64. The minimum absolute atomic E-state index is 0.0695. The third kappa shape index (κ3) is 2.39. The standard InChI is InChI=1S/C15H19NO3/c17-13-5-12(6-14(18)7-13)15(19)16-8-10-3-1-2-4-11(10)9-16/h5-7,10-11,17-18H,1-4,8-9H2. The molecule has 4 nitrogen and oxygen atoms in total. The van der Waals surface area contributed by atoms with E-state index in [-0.39, 0.29) is 17.4 Å². The second-order valence-electron chi connectivity index (χ2n) is 5.75. The summed E-state index contributed by atoms with van der Waals surface area (Å²) in [7, 11) is 0. The molecule has 1 heterocycles. The molecular formula is C15H19NO3. The van der Waals surface area contributed by atoms with Crippen LogP contribution in [-0.2, 0) is 0 Å². The van der Waals surface area contributed by atoms with Crippen LogP contribution in [0.5, 0.6) is 11.5 Å². The Balaban J connectivity index is 1.77. The Hall–Kier alpha value is -1.71. The second kappa shape index (κ2) is 4.76. The molecule has 4 heteroatoms. The van der Waals surface area contributed by atoms with Crippen molar-refractivity contribution >= 4 is 5.91 Å². The first-order chi connectivity index (χ1) is 9.13.